The molecular weight excluding hydrogens is 197 g/mol. The van der Waals surface area contributed by atoms with E-state index >= 15 is 0 Å². The molecule has 0 fully saturated rings. The number of hydrogen-bond acceptors (Lipinski definition) is 3. The highest BCUT2D eigenvalue weighted by Crippen LogP contribution is 2.16. The smallest absolute Gasteiger partial charge is 0.257 e. The Morgan fingerprint density at radius 2 is 1.92 bits per heavy atom. The molecule has 0 unspecified atom stereocenters. The summed E-state index contributed by atoms with van der Waals surface area (Å²) in [6, 6.07) is 0. The standard InChI is InChI=1S/C5H7F3O3S/c1-2-3-12(9,10)11-4-5(6,7)8/h2-3H,4H2,1H3. The van der Waals surface area contributed by atoms with Crippen LogP contribution in [0.15, 0.2) is 11.5 Å². The Kier molecular flexibility index (Phi) is 3.72. The normalized spacial score (nSPS) is 14.0. The molecule has 0 aromatic carbocycles. The van der Waals surface area contributed by atoms with Crippen LogP contribution in [0.5, 0.6) is 0 Å². The average Bonchev–Trinajstić information content (AvgIpc) is 1.83. The van der Waals surface area contributed by atoms with Crippen molar-refractivity contribution in [3.05, 3.63) is 11.5 Å². The Bertz CT molecular complexity index is 252. The van der Waals surface area contributed by atoms with Gasteiger partial charge in [-0.05, 0) is 6.92 Å². The molecule has 72 valence electrons. The van der Waals surface area contributed by atoms with E-state index in [1.165, 1.54) is 6.92 Å². The molecule has 0 saturated heterocycles. The third-order valence-corrected chi connectivity index (χ3v) is 1.74. The summed E-state index contributed by atoms with van der Waals surface area (Å²) in [5, 5.41) is 0.554. The van der Waals surface area contributed by atoms with E-state index in [-0.39, 0.29) is 0 Å². The van der Waals surface area contributed by atoms with Crippen LogP contribution in [0.25, 0.3) is 0 Å². The van der Waals surface area contributed by atoms with E-state index in [1.54, 1.807) is 0 Å². The van der Waals surface area contributed by atoms with Gasteiger partial charge in [0.2, 0.25) is 0 Å². The first-order valence-electron chi connectivity index (χ1n) is 2.86. The van der Waals surface area contributed by atoms with Crippen molar-refractivity contribution in [2.75, 3.05) is 6.61 Å². The summed E-state index contributed by atoms with van der Waals surface area (Å²) in [4.78, 5) is 0. The Balaban J connectivity index is 4.12. The third-order valence-electron chi connectivity index (χ3n) is 0.690. The van der Waals surface area contributed by atoms with Crippen LogP contribution in [0.4, 0.5) is 13.2 Å². The van der Waals surface area contributed by atoms with Crippen LogP contribution < -0.4 is 0 Å². The average molecular weight is 204 g/mol. The zero-order valence-electron chi connectivity index (χ0n) is 6.13. The van der Waals surface area contributed by atoms with Gasteiger partial charge in [0, 0.05) is 0 Å². The highest BCUT2D eigenvalue weighted by atomic mass is 32.2. The van der Waals surface area contributed by atoms with E-state index in [0.717, 1.165) is 6.08 Å². The molecule has 0 aliphatic heterocycles. The summed E-state index contributed by atoms with van der Waals surface area (Å²) in [6.07, 6.45) is -3.56. The van der Waals surface area contributed by atoms with E-state index in [1.807, 2.05) is 0 Å². The van der Waals surface area contributed by atoms with Crippen LogP contribution >= 0.6 is 0 Å². The van der Waals surface area contributed by atoms with Gasteiger partial charge in [-0.2, -0.15) is 21.6 Å². The second kappa shape index (κ2) is 3.90. The topological polar surface area (TPSA) is 43.4 Å². The molecular formula is C5H7F3O3S. The van der Waals surface area contributed by atoms with Gasteiger partial charge in [-0.25, -0.2) is 0 Å². The predicted octanol–water partition coefficient (Wildman–Crippen LogP) is 1.43. The molecule has 0 aliphatic carbocycles. The summed E-state index contributed by atoms with van der Waals surface area (Å²) < 4.78 is 58.8. The summed E-state index contributed by atoms with van der Waals surface area (Å²) in [7, 11) is -4.17. The molecule has 7 heteroatoms. The fraction of sp³-hybridized carbons (Fsp3) is 0.600. The zero-order valence-corrected chi connectivity index (χ0v) is 6.95. The van der Waals surface area contributed by atoms with E-state index in [9.17, 15) is 21.6 Å². The van der Waals surface area contributed by atoms with Crippen molar-refractivity contribution in [1.29, 1.82) is 0 Å². The van der Waals surface area contributed by atoms with Crippen LogP contribution in [-0.4, -0.2) is 21.2 Å². The fourth-order valence-electron chi connectivity index (χ4n) is 0.355. The maximum absolute atomic E-state index is 11.4. The monoisotopic (exact) mass is 204 g/mol. The van der Waals surface area contributed by atoms with Crippen molar-refractivity contribution in [3.8, 4) is 0 Å². The third kappa shape index (κ3) is 6.17. The molecule has 0 heterocycles. The van der Waals surface area contributed by atoms with Crippen LogP contribution in [0.1, 0.15) is 6.92 Å². The zero-order chi connectivity index (χ0) is 9.83. The summed E-state index contributed by atoms with van der Waals surface area (Å²) in [5.41, 5.74) is 0. The van der Waals surface area contributed by atoms with Crippen LogP contribution in [-0.2, 0) is 14.3 Å². The highest BCUT2D eigenvalue weighted by Gasteiger charge is 2.30. The minimum Gasteiger partial charge on any atom is -0.257 e. The maximum Gasteiger partial charge on any atom is 0.413 e. The lowest BCUT2D eigenvalue weighted by atomic mass is 10.7. The van der Waals surface area contributed by atoms with Crippen molar-refractivity contribution < 1.29 is 25.8 Å². The second-order valence-electron chi connectivity index (χ2n) is 1.84. The summed E-state index contributed by atoms with van der Waals surface area (Å²) >= 11 is 0. The molecule has 0 aromatic rings. The molecule has 0 bridgehead atoms. The molecule has 12 heavy (non-hydrogen) atoms. The van der Waals surface area contributed by atoms with Gasteiger partial charge in [0.15, 0.2) is 6.61 Å². The number of halogens is 3. The van der Waals surface area contributed by atoms with Crippen molar-refractivity contribution in [2.45, 2.75) is 13.1 Å². The van der Waals surface area contributed by atoms with Gasteiger partial charge in [-0.3, -0.25) is 4.18 Å². The van der Waals surface area contributed by atoms with Gasteiger partial charge in [0.05, 0.1) is 5.41 Å². The molecule has 0 radical (unpaired) electrons. The number of hydrogen-bond donors (Lipinski definition) is 0. The molecule has 0 rings (SSSR count). The Morgan fingerprint density at radius 1 is 1.42 bits per heavy atom. The van der Waals surface area contributed by atoms with Gasteiger partial charge < -0.3 is 0 Å². The van der Waals surface area contributed by atoms with Gasteiger partial charge in [0.25, 0.3) is 10.1 Å². The molecule has 0 aromatic heterocycles. The Morgan fingerprint density at radius 3 is 2.25 bits per heavy atom. The van der Waals surface area contributed by atoms with Crippen LogP contribution in [0.2, 0.25) is 0 Å². The van der Waals surface area contributed by atoms with E-state index in [2.05, 4.69) is 4.18 Å². The Hall–Kier alpha value is -0.560. The van der Waals surface area contributed by atoms with Gasteiger partial charge in [0.1, 0.15) is 0 Å². The van der Waals surface area contributed by atoms with Gasteiger partial charge in [-0.15, -0.1) is 0 Å². The molecule has 0 amide bonds. The quantitative estimate of drug-likeness (QED) is 0.653. The minimum absolute atomic E-state index is 0.554. The molecule has 0 spiro atoms. The van der Waals surface area contributed by atoms with Gasteiger partial charge >= 0.3 is 6.18 Å². The Labute approximate surface area is 68.0 Å². The lowest BCUT2D eigenvalue weighted by Gasteiger charge is -2.04. The lowest BCUT2D eigenvalue weighted by molar-refractivity contribution is -0.152. The first-order valence-corrected chi connectivity index (χ1v) is 4.33. The number of alkyl halides is 3. The SMILES string of the molecule is CC=CS(=O)(=O)OCC(F)(F)F. The number of rotatable bonds is 3. The van der Waals surface area contributed by atoms with E-state index < -0.39 is 22.9 Å². The summed E-state index contributed by atoms with van der Waals surface area (Å²) in [5.74, 6) is 0. The van der Waals surface area contributed by atoms with Crippen molar-refractivity contribution in [2.24, 2.45) is 0 Å². The van der Waals surface area contributed by atoms with Crippen LogP contribution in [0, 0.1) is 0 Å². The second-order valence-corrected chi connectivity index (χ2v) is 3.33. The first kappa shape index (κ1) is 11.4. The molecule has 3 nitrogen and oxygen atoms in total. The fourth-order valence-corrected chi connectivity index (χ4v) is 1.06. The predicted molar refractivity (Wildman–Crippen MR) is 35.7 cm³/mol. The van der Waals surface area contributed by atoms with Crippen molar-refractivity contribution in [1.82, 2.24) is 0 Å². The first-order chi connectivity index (χ1) is 5.27. The molecule has 0 atom stereocenters. The van der Waals surface area contributed by atoms with Crippen molar-refractivity contribution >= 4 is 10.1 Å². The summed E-state index contributed by atoms with van der Waals surface area (Å²) in [6.45, 7) is -0.436. The van der Waals surface area contributed by atoms with Gasteiger partial charge in [-0.1, -0.05) is 6.08 Å². The lowest BCUT2D eigenvalue weighted by Crippen LogP contribution is -2.19. The molecule has 0 N–H and O–H groups in total. The highest BCUT2D eigenvalue weighted by molar-refractivity contribution is 7.89. The minimum atomic E-state index is -4.63. The largest absolute Gasteiger partial charge is 0.413 e. The van der Waals surface area contributed by atoms with Crippen LogP contribution in [0.3, 0.4) is 0 Å². The van der Waals surface area contributed by atoms with E-state index in [4.69, 9.17) is 0 Å². The maximum atomic E-state index is 11.4. The number of allylic oxidation sites excluding steroid dienone is 1. The molecule has 0 aliphatic rings. The van der Waals surface area contributed by atoms with E-state index in [0.29, 0.717) is 5.41 Å². The molecule has 0 saturated carbocycles. The van der Waals surface area contributed by atoms with Crippen molar-refractivity contribution in [3.63, 3.8) is 0 Å².